The van der Waals surface area contributed by atoms with Crippen molar-refractivity contribution in [2.24, 2.45) is 5.73 Å². The smallest absolute Gasteiger partial charge is 0.00564 e. The van der Waals surface area contributed by atoms with Gasteiger partial charge in [-0.2, -0.15) is 0 Å². The maximum atomic E-state index is 5.26. The van der Waals surface area contributed by atoms with E-state index in [1.54, 1.807) is 6.20 Å². The largest absolute Gasteiger partial charge is 0.405 e. The van der Waals surface area contributed by atoms with Crippen LogP contribution in [0.4, 0.5) is 0 Å². The van der Waals surface area contributed by atoms with Gasteiger partial charge < -0.3 is 5.73 Å². The molecule has 0 spiro atoms. The molecular formula is C11H13N. The van der Waals surface area contributed by atoms with Gasteiger partial charge in [-0.1, -0.05) is 30.3 Å². The Bertz CT molecular complexity index is 270. The average Bonchev–Trinajstić information content (AvgIpc) is 2.09. The van der Waals surface area contributed by atoms with E-state index in [0.29, 0.717) is 0 Å². The Balaban J connectivity index is 2.77. The van der Waals surface area contributed by atoms with Gasteiger partial charge in [0.1, 0.15) is 0 Å². The molecule has 0 saturated heterocycles. The summed E-state index contributed by atoms with van der Waals surface area (Å²) in [6.45, 7) is 3.68. The highest BCUT2D eigenvalue weighted by atomic mass is 14.5. The number of allylic oxidation sites excluding steroid dienone is 1. The summed E-state index contributed by atoms with van der Waals surface area (Å²) in [4.78, 5) is 0. The van der Waals surface area contributed by atoms with Crippen molar-refractivity contribution in [3.8, 4) is 0 Å². The molecule has 0 aliphatic carbocycles. The molecule has 62 valence electrons. The molecule has 0 heterocycles. The van der Waals surface area contributed by atoms with Crippen molar-refractivity contribution in [1.29, 1.82) is 0 Å². The maximum absolute atomic E-state index is 5.26. The van der Waals surface area contributed by atoms with Gasteiger partial charge in [0.15, 0.2) is 0 Å². The van der Waals surface area contributed by atoms with E-state index < -0.39 is 0 Å². The zero-order valence-corrected chi connectivity index (χ0v) is 7.03. The molecule has 1 nitrogen and oxygen atoms in total. The normalized spacial score (nSPS) is 10.3. The predicted octanol–water partition coefficient (Wildman–Crippen LogP) is 2.34. The highest BCUT2D eigenvalue weighted by Gasteiger charge is 1.88. The first-order valence-electron chi connectivity index (χ1n) is 3.95. The van der Waals surface area contributed by atoms with Gasteiger partial charge in [-0.3, -0.25) is 0 Å². The van der Waals surface area contributed by atoms with E-state index in [0.717, 1.165) is 12.0 Å². The van der Waals surface area contributed by atoms with Gasteiger partial charge in [-0.25, -0.2) is 0 Å². The average molecular weight is 159 g/mol. The van der Waals surface area contributed by atoms with Gasteiger partial charge in [-0.15, -0.1) is 6.58 Å². The fourth-order valence-electron chi connectivity index (χ4n) is 1.04. The number of rotatable bonds is 3. The van der Waals surface area contributed by atoms with Crippen LogP contribution in [0.5, 0.6) is 0 Å². The molecule has 0 radical (unpaired) electrons. The fourth-order valence-corrected chi connectivity index (χ4v) is 1.04. The van der Waals surface area contributed by atoms with Crippen molar-refractivity contribution in [2.45, 2.75) is 6.42 Å². The highest BCUT2D eigenvalue weighted by Crippen LogP contribution is 2.06. The molecule has 12 heavy (non-hydrogen) atoms. The molecule has 1 aromatic carbocycles. The lowest BCUT2D eigenvalue weighted by Gasteiger charge is -1.96. The summed E-state index contributed by atoms with van der Waals surface area (Å²) in [6.07, 6.45) is 6.24. The SMILES string of the molecule is C=CCc1ccc(/C=C/N)cc1. The first-order valence-corrected chi connectivity index (χ1v) is 3.95. The molecule has 0 aliphatic heterocycles. The third kappa shape index (κ3) is 2.27. The van der Waals surface area contributed by atoms with E-state index in [1.165, 1.54) is 5.56 Å². The Labute approximate surface area is 73.2 Å². The predicted molar refractivity (Wildman–Crippen MR) is 53.6 cm³/mol. The molecule has 1 rings (SSSR count). The Hall–Kier alpha value is -1.50. The first-order chi connectivity index (χ1) is 5.86. The van der Waals surface area contributed by atoms with Crippen LogP contribution in [0, 0.1) is 0 Å². The molecule has 0 aliphatic rings. The number of hydrogen-bond acceptors (Lipinski definition) is 1. The monoisotopic (exact) mass is 159 g/mol. The standard InChI is InChI=1S/C11H13N/c1-2-3-10-4-6-11(7-5-10)8-9-12/h2,4-9H,1,3,12H2/b9-8+. The van der Waals surface area contributed by atoms with Crippen molar-refractivity contribution < 1.29 is 0 Å². The van der Waals surface area contributed by atoms with E-state index in [4.69, 9.17) is 5.73 Å². The zero-order chi connectivity index (χ0) is 8.81. The first kappa shape index (κ1) is 8.60. The quantitative estimate of drug-likeness (QED) is 0.673. The van der Waals surface area contributed by atoms with E-state index >= 15 is 0 Å². The summed E-state index contributed by atoms with van der Waals surface area (Å²) in [6, 6.07) is 8.25. The third-order valence-corrected chi connectivity index (χ3v) is 1.65. The minimum Gasteiger partial charge on any atom is -0.405 e. The summed E-state index contributed by atoms with van der Waals surface area (Å²) in [5.74, 6) is 0. The minimum atomic E-state index is 0.923. The van der Waals surface area contributed by atoms with Gasteiger partial charge in [0.05, 0.1) is 0 Å². The second kappa shape index (κ2) is 4.39. The van der Waals surface area contributed by atoms with Crippen LogP contribution in [0.25, 0.3) is 6.08 Å². The Morgan fingerprint density at radius 2 is 1.92 bits per heavy atom. The molecule has 0 amide bonds. The molecule has 0 fully saturated rings. The lowest BCUT2D eigenvalue weighted by molar-refractivity contribution is 1.28. The van der Waals surface area contributed by atoms with Crippen LogP contribution >= 0.6 is 0 Å². The highest BCUT2D eigenvalue weighted by molar-refractivity contribution is 5.49. The second-order valence-corrected chi connectivity index (χ2v) is 2.59. The Kier molecular flexibility index (Phi) is 3.15. The van der Waals surface area contributed by atoms with Crippen molar-refractivity contribution >= 4 is 6.08 Å². The van der Waals surface area contributed by atoms with Gasteiger partial charge in [0.25, 0.3) is 0 Å². The van der Waals surface area contributed by atoms with Crippen LogP contribution in [-0.2, 0) is 6.42 Å². The number of hydrogen-bond donors (Lipinski definition) is 1. The van der Waals surface area contributed by atoms with Crippen LogP contribution < -0.4 is 5.73 Å². The van der Waals surface area contributed by atoms with E-state index in [2.05, 4.69) is 18.7 Å². The van der Waals surface area contributed by atoms with Crippen LogP contribution in [0.3, 0.4) is 0 Å². The van der Waals surface area contributed by atoms with Crippen molar-refractivity contribution in [1.82, 2.24) is 0 Å². The van der Waals surface area contributed by atoms with Gasteiger partial charge in [-0.05, 0) is 29.8 Å². The van der Waals surface area contributed by atoms with Crippen molar-refractivity contribution in [2.75, 3.05) is 0 Å². The Morgan fingerprint density at radius 1 is 1.25 bits per heavy atom. The summed E-state index contributed by atoms with van der Waals surface area (Å²) in [7, 11) is 0. The molecule has 0 unspecified atom stereocenters. The molecular weight excluding hydrogens is 146 g/mol. The molecule has 1 aromatic rings. The van der Waals surface area contributed by atoms with E-state index in [1.807, 2.05) is 24.3 Å². The molecule has 2 N–H and O–H groups in total. The summed E-state index contributed by atoms with van der Waals surface area (Å²) in [5, 5.41) is 0. The molecule has 0 atom stereocenters. The lowest BCUT2D eigenvalue weighted by Crippen LogP contribution is -1.81. The van der Waals surface area contributed by atoms with Crippen molar-refractivity contribution in [3.63, 3.8) is 0 Å². The van der Waals surface area contributed by atoms with Crippen LogP contribution in [-0.4, -0.2) is 0 Å². The van der Waals surface area contributed by atoms with Crippen LogP contribution in [0.1, 0.15) is 11.1 Å². The minimum absolute atomic E-state index is 0.923. The topological polar surface area (TPSA) is 26.0 Å². The summed E-state index contributed by atoms with van der Waals surface area (Å²) < 4.78 is 0. The maximum Gasteiger partial charge on any atom is -0.00564 e. The zero-order valence-electron chi connectivity index (χ0n) is 7.03. The fraction of sp³-hybridized carbons (Fsp3) is 0.0909. The van der Waals surface area contributed by atoms with Crippen LogP contribution in [0.2, 0.25) is 0 Å². The second-order valence-electron chi connectivity index (χ2n) is 2.59. The van der Waals surface area contributed by atoms with Crippen molar-refractivity contribution in [3.05, 3.63) is 54.2 Å². The number of nitrogens with two attached hydrogens (primary N) is 1. The molecule has 1 heteroatoms. The van der Waals surface area contributed by atoms with Gasteiger partial charge >= 0.3 is 0 Å². The van der Waals surface area contributed by atoms with E-state index in [9.17, 15) is 0 Å². The number of benzene rings is 1. The van der Waals surface area contributed by atoms with E-state index in [-0.39, 0.29) is 0 Å². The van der Waals surface area contributed by atoms with Gasteiger partial charge in [0, 0.05) is 0 Å². The van der Waals surface area contributed by atoms with Crippen LogP contribution in [0.15, 0.2) is 43.1 Å². The van der Waals surface area contributed by atoms with Gasteiger partial charge in [0.2, 0.25) is 0 Å². The Morgan fingerprint density at radius 3 is 2.42 bits per heavy atom. The third-order valence-electron chi connectivity index (χ3n) is 1.65. The lowest BCUT2D eigenvalue weighted by atomic mass is 10.1. The molecule has 0 bridgehead atoms. The molecule has 0 saturated carbocycles. The summed E-state index contributed by atoms with van der Waals surface area (Å²) >= 11 is 0. The summed E-state index contributed by atoms with van der Waals surface area (Å²) in [5.41, 5.74) is 7.67. The molecule has 0 aromatic heterocycles.